The molecule has 1 unspecified atom stereocenters. The van der Waals surface area contributed by atoms with E-state index in [0.29, 0.717) is 52.1 Å². The lowest BCUT2D eigenvalue weighted by molar-refractivity contribution is -0.123. The third-order valence-corrected chi connectivity index (χ3v) is 6.84. The fraction of sp³-hybridized carbons (Fsp3) is 0.161. The predicted octanol–water partition coefficient (Wildman–Crippen LogP) is 5.51. The van der Waals surface area contributed by atoms with Crippen molar-refractivity contribution in [1.29, 1.82) is 5.26 Å². The van der Waals surface area contributed by atoms with Gasteiger partial charge in [0.15, 0.2) is 17.6 Å². The number of benzene rings is 3. The molecule has 1 N–H and O–H groups in total. The molecule has 8 heteroatoms. The van der Waals surface area contributed by atoms with Crippen LogP contribution in [0.5, 0.6) is 11.5 Å². The monoisotopic (exact) mass is 517 g/mol. The normalized spacial score (nSPS) is 15.0. The molecule has 2 heterocycles. The van der Waals surface area contributed by atoms with E-state index in [-0.39, 0.29) is 6.79 Å². The topological polar surface area (TPSA) is 111 Å². The van der Waals surface area contributed by atoms with E-state index in [2.05, 4.69) is 5.32 Å². The molecule has 0 saturated carbocycles. The third-order valence-electron chi connectivity index (χ3n) is 6.84. The average molecular weight is 518 g/mol. The van der Waals surface area contributed by atoms with Gasteiger partial charge in [-0.2, -0.15) is 5.26 Å². The van der Waals surface area contributed by atoms with Crippen molar-refractivity contribution < 1.29 is 23.8 Å². The Bertz CT molecular complexity index is 1720. The third kappa shape index (κ3) is 4.55. The highest BCUT2D eigenvalue weighted by Gasteiger charge is 2.29. The number of nitrogens with zero attached hydrogens (tertiary/aromatic N) is 2. The van der Waals surface area contributed by atoms with Crippen molar-refractivity contribution in [3.8, 4) is 17.6 Å². The van der Waals surface area contributed by atoms with Crippen LogP contribution < -0.4 is 14.8 Å². The van der Waals surface area contributed by atoms with Gasteiger partial charge in [0.1, 0.15) is 6.07 Å². The zero-order chi connectivity index (χ0) is 26.9. The van der Waals surface area contributed by atoms with E-state index in [4.69, 9.17) is 19.2 Å². The first kappa shape index (κ1) is 24.2. The molecule has 1 atom stereocenters. The minimum absolute atomic E-state index is 0.207. The van der Waals surface area contributed by atoms with Crippen LogP contribution in [0.15, 0.2) is 66.7 Å². The summed E-state index contributed by atoms with van der Waals surface area (Å²) in [6.45, 7) is 1.72. The molecule has 0 radical (unpaired) electrons. The van der Waals surface area contributed by atoms with Crippen LogP contribution in [0.2, 0.25) is 0 Å². The number of hydrogen-bond donors (Lipinski definition) is 1. The van der Waals surface area contributed by atoms with E-state index < -0.39 is 18.0 Å². The maximum Gasteiger partial charge on any atom is 0.339 e. The zero-order valence-corrected chi connectivity index (χ0v) is 21.1. The van der Waals surface area contributed by atoms with Gasteiger partial charge in [-0.3, -0.25) is 4.79 Å². The fourth-order valence-corrected chi connectivity index (χ4v) is 4.91. The van der Waals surface area contributed by atoms with Gasteiger partial charge in [-0.1, -0.05) is 36.4 Å². The molecule has 192 valence electrons. The van der Waals surface area contributed by atoms with Gasteiger partial charge >= 0.3 is 5.97 Å². The molecule has 0 fully saturated rings. The summed E-state index contributed by atoms with van der Waals surface area (Å²) in [6.07, 6.45) is 2.28. The molecular weight excluding hydrogens is 494 g/mol. The van der Waals surface area contributed by atoms with Crippen LogP contribution in [0.1, 0.15) is 46.1 Å². The molecule has 0 bridgehead atoms. The average Bonchev–Trinajstić information content (AvgIpc) is 3.58. The molecule has 6 rings (SSSR count). The second kappa shape index (κ2) is 9.95. The molecule has 1 aromatic heterocycles. The Balaban J connectivity index is 1.31. The summed E-state index contributed by atoms with van der Waals surface area (Å²) in [4.78, 5) is 31.3. The molecule has 3 aromatic carbocycles. The minimum atomic E-state index is -1.09. The van der Waals surface area contributed by atoms with Gasteiger partial charge in [-0.25, -0.2) is 9.78 Å². The van der Waals surface area contributed by atoms with Crippen LogP contribution in [-0.2, 0) is 16.0 Å². The number of ether oxygens (including phenoxy) is 3. The van der Waals surface area contributed by atoms with Gasteiger partial charge < -0.3 is 19.5 Å². The largest absolute Gasteiger partial charge is 0.454 e. The Labute approximate surface area is 224 Å². The molecule has 0 saturated heterocycles. The Kier molecular flexibility index (Phi) is 6.17. The number of para-hydroxylation sites is 2. The van der Waals surface area contributed by atoms with Crippen LogP contribution in [0.3, 0.4) is 0 Å². The van der Waals surface area contributed by atoms with Gasteiger partial charge in [0, 0.05) is 5.39 Å². The molecule has 0 spiro atoms. The second-order valence-electron chi connectivity index (χ2n) is 9.31. The number of hydrogen-bond acceptors (Lipinski definition) is 7. The summed E-state index contributed by atoms with van der Waals surface area (Å²) in [5.74, 6) is 0.296. The molecule has 1 aliphatic carbocycles. The lowest BCUT2D eigenvalue weighted by Gasteiger charge is -2.17. The van der Waals surface area contributed by atoms with Crippen molar-refractivity contribution in [2.45, 2.75) is 25.9 Å². The molecule has 1 aliphatic heterocycles. The molecule has 1 amide bonds. The summed E-state index contributed by atoms with van der Waals surface area (Å²) in [5.41, 5.74) is 5.27. The van der Waals surface area contributed by atoms with Crippen molar-refractivity contribution in [1.82, 2.24) is 4.98 Å². The highest BCUT2D eigenvalue weighted by atomic mass is 16.7. The first-order valence-corrected chi connectivity index (χ1v) is 12.5. The SMILES string of the molecule is CC(OC(=O)c1c2c(nc3ccccc13)/C(=C\c1ccc3c(c1)OCO3)CC2)C(=O)Nc1ccccc1C#N. The van der Waals surface area contributed by atoms with Crippen molar-refractivity contribution in [2.24, 2.45) is 0 Å². The smallest absolute Gasteiger partial charge is 0.339 e. The Morgan fingerprint density at radius 1 is 1.05 bits per heavy atom. The lowest BCUT2D eigenvalue weighted by atomic mass is 10.0. The van der Waals surface area contributed by atoms with Crippen LogP contribution in [0.4, 0.5) is 5.69 Å². The van der Waals surface area contributed by atoms with E-state index in [1.165, 1.54) is 6.92 Å². The summed E-state index contributed by atoms with van der Waals surface area (Å²) in [6, 6.07) is 21.9. The predicted molar refractivity (Wildman–Crippen MR) is 145 cm³/mol. The molecular formula is C31H23N3O5. The number of esters is 1. The van der Waals surface area contributed by atoms with Gasteiger partial charge in [-0.15, -0.1) is 0 Å². The number of anilines is 1. The number of fused-ring (bicyclic) bond motifs is 3. The standard InChI is InChI=1S/C31H23N3O5/c1-18(30(35)34-24-8-4-2-6-21(24)16-32)39-31(36)28-22-7-3-5-9-25(22)33-29-20(11-12-23(28)29)14-19-10-13-26-27(15-19)38-17-37-26/h2-10,13-15,18H,11-12,17H2,1H3,(H,34,35)/b20-14-. The van der Waals surface area contributed by atoms with E-state index in [0.717, 1.165) is 22.4 Å². The molecule has 39 heavy (non-hydrogen) atoms. The number of pyridine rings is 1. The number of aromatic nitrogens is 1. The first-order chi connectivity index (χ1) is 19.0. The van der Waals surface area contributed by atoms with Crippen LogP contribution >= 0.6 is 0 Å². The summed E-state index contributed by atoms with van der Waals surface area (Å²) in [5, 5.41) is 12.7. The second-order valence-corrected chi connectivity index (χ2v) is 9.31. The number of rotatable bonds is 5. The van der Waals surface area contributed by atoms with E-state index in [9.17, 15) is 14.9 Å². The lowest BCUT2D eigenvalue weighted by Crippen LogP contribution is -2.30. The number of nitriles is 1. The van der Waals surface area contributed by atoms with Crippen molar-refractivity contribution in [2.75, 3.05) is 12.1 Å². The maximum atomic E-state index is 13.6. The number of carbonyl (C=O) groups excluding carboxylic acids is 2. The number of carbonyl (C=O) groups is 2. The van der Waals surface area contributed by atoms with Gasteiger partial charge in [-0.05, 0) is 72.9 Å². The number of amides is 1. The van der Waals surface area contributed by atoms with Crippen molar-refractivity contribution in [3.05, 3.63) is 94.7 Å². The van der Waals surface area contributed by atoms with Crippen molar-refractivity contribution in [3.63, 3.8) is 0 Å². The van der Waals surface area contributed by atoms with Crippen LogP contribution in [-0.4, -0.2) is 29.8 Å². The van der Waals surface area contributed by atoms with Gasteiger partial charge in [0.2, 0.25) is 6.79 Å². The first-order valence-electron chi connectivity index (χ1n) is 12.5. The summed E-state index contributed by atoms with van der Waals surface area (Å²) in [7, 11) is 0. The number of allylic oxidation sites excluding steroid dienone is 1. The molecule has 8 nitrogen and oxygen atoms in total. The summed E-state index contributed by atoms with van der Waals surface area (Å²) >= 11 is 0. The van der Waals surface area contributed by atoms with Crippen LogP contribution in [0.25, 0.3) is 22.6 Å². The molecule has 2 aliphatic rings. The minimum Gasteiger partial charge on any atom is -0.454 e. The zero-order valence-electron chi connectivity index (χ0n) is 21.1. The Morgan fingerprint density at radius 2 is 1.85 bits per heavy atom. The molecule has 4 aromatic rings. The highest BCUT2D eigenvalue weighted by Crippen LogP contribution is 2.39. The Hall–Kier alpha value is -5.16. The van der Waals surface area contributed by atoms with Crippen molar-refractivity contribution >= 4 is 40.1 Å². The maximum absolute atomic E-state index is 13.6. The van der Waals surface area contributed by atoms with E-state index in [1.807, 2.05) is 54.6 Å². The summed E-state index contributed by atoms with van der Waals surface area (Å²) < 4.78 is 16.6. The quantitative estimate of drug-likeness (QED) is 0.348. The fourth-order valence-electron chi connectivity index (χ4n) is 4.91. The van der Waals surface area contributed by atoms with Gasteiger partial charge in [0.25, 0.3) is 5.91 Å². The number of nitrogens with one attached hydrogen (secondary N) is 1. The highest BCUT2D eigenvalue weighted by molar-refractivity contribution is 6.08. The van der Waals surface area contributed by atoms with E-state index in [1.54, 1.807) is 24.3 Å². The van der Waals surface area contributed by atoms with Crippen LogP contribution in [0, 0.1) is 11.3 Å². The van der Waals surface area contributed by atoms with Gasteiger partial charge in [0.05, 0.1) is 28.0 Å². The Morgan fingerprint density at radius 3 is 2.72 bits per heavy atom. The van der Waals surface area contributed by atoms with E-state index >= 15 is 0 Å².